The summed E-state index contributed by atoms with van der Waals surface area (Å²) in [5.41, 5.74) is 0. The van der Waals surface area contributed by atoms with Crippen molar-refractivity contribution in [3.63, 3.8) is 0 Å². The van der Waals surface area contributed by atoms with Crippen molar-refractivity contribution in [2.45, 2.75) is 42.6 Å². The molecule has 0 radical (unpaired) electrons. The Balaban J connectivity index is 2.49. The van der Waals surface area contributed by atoms with Crippen LogP contribution in [-0.4, -0.2) is 13.5 Å². The van der Waals surface area contributed by atoms with Gasteiger partial charge in [-0.15, -0.1) is 0 Å². The Morgan fingerprint density at radius 1 is 1.53 bits per heavy atom. The summed E-state index contributed by atoms with van der Waals surface area (Å²) in [5.74, 6) is 0. The maximum atomic E-state index is 13.6. The summed E-state index contributed by atoms with van der Waals surface area (Å²) in [6.45, 7) is 2.07. The fourth-order valence-electron chi connectivity index (χ4n) is 1.35. The third kappa shape index (κ3) is 4.04. The zero-order chi connectivity index (χ0) is 11.3. The first-order valence-corrected chi connectivity index (χ1v) is 6.31. The highest BCUT2D eigenvalue weighted by atomic mass is 127. The van der Waals surface area contributed by atoms with Crippen molar-refractivity contribution in [3.05, 3.63) is 18.7 Å². The number of imidazole rings is 1. The average Bonchev–Trinajstić information content (AvgIpc) is 2.67. The summed E-state index contributed by atoms with van der Waals surface area (Å²) in [6, 6.07) is -2.81. The van der Waals surface area contributed by atoms with Crippen LogP contribution in [0.2, 0.25) is 0 Å². The van der Waals surface area contributed by atoms with Crippen LogP contribution >= 0.6 is 22.6 Å². The van der Waals surface area contributed by atoms with Crippen molar-refractivity contribution in [1.29, 1.82) is 0 Å². The molecule has 0 N–H and O–H groups in total. The second-order valence-electron chi connectivity index (χ2n) is 3.58. The topological polar surface area (TPSA) is 17.8 Å². The highest BCUT2D eigenvalue weighted by Gasteiger charge is 2.33. The third-order valence-corrected chi connectivity index (χ3v) is 3.28. The predicted molar refractivity (Wildman–Crippen MR) is 64.4 cm³/mol. The molecule has 0 aliphatic carbocycles. The molecule has 0 saturated carbocycles. The van der Waals surface area contributed by atoms with Gasteiger partial charge in [0.25, 0.3) is 0 Å². The molecule has 0 fully saturated rings. The highest BCUT2D eigenvalue weighted by molar-refractivity contribution is 14.1. The van der Waals surface area contributed by atoms with Crippen molar-refractivity contribution < 1.29 is 8.78 Å². The standard InChI is InChI=1S/C10H15F2IN2/c1-2-3-4-9(13)7-10(11,12)15-6-5-14-8-15/h5-6,8-9H,2-4,7H2,1H3. The summed E-state index contributed by atoms with van der Waals surface area (Å²) < 4.78 is 28.1. The van der Waals surface area contributed by atoms with Crippen molar-refractivity contribution in [2.24, 2.45) is 0 Å². The van der Waals surface area contributed by atoms with Crippen LogP contribution in [0.5, 0.6) is 0 Å². The monoisotopic (exact) mass is 328 g/mol. The van der Waals surface area contributed by atoms with Crippen molar-refractivity contribution >= 4 is 22.6 Å². The van der Waals surface area contributed by atoms with Gasteiger partial charge in [-0.05, 0) is 6.42 Å². The van der Waals surface area contributed by atoms with E-state index in [9.17, 15) is 8.78 Å². The number of hydrogen-bond donors (Lipinski definition) is 0. The lowest BCUT2D eigenvalue weighted by Gasteiger charge is -2.20. The van der Waals surface area contributed by atoms with Gasteiger partial charge < -0.3 is 0 Å². The lowest BCUT2D eigenvalue weighted by molar-refractivity contribution is -0.0881. The van der Waals surface area contributed by atoms with E-state index in [1.165, 1.54) is 18.7 Å². The molecule has 1 heterocycles. The van der Waals surface area contributed by atoms with E-state index in [2.05, 4.69) is 34.5 Å². The van der Waals surface area contributed by atoms with E-state index in [1.54, 1.807) is 0 Å². The molecule has 0 saturated heterocycles. The Bertz CT molecular complexity index is 275. The fourth-order valence-corrected chi connectivity index (χ4v) is 2.32. The number of aromatic nitrogens is 2. The molecule has 1 unspecified atom stereocenters. The minimum Gasteiger partial charge on any atom is -0.278 e. The van der Waals surface area contributed by atoms with Gasteiger partial charge in [0.1, 0.15) is 0 Å². The maximum Gasteiger partial charge on any atom is 0.331 e. The highest BCUT2D eigenvalue weighted by Crippen LogP contribution is 2.31. The van der Waals surface area contributed by atoms with Crippen molar-refractivity contribution in [1.82, 2.24) is 9.55 Å². The van der Waals surface area contributed by atoms with E-state index in [1.807, 2.05) is 0 Å². The van der Waals surface area contributed by atoms with Gasteiger partial charge in [-0.3, -0.25) is 4.57 Å². The summed E-state index contributed by atoms with van der Waals surface area (Å²) in [5, 5.41) is 0. The summed E-state index contributed by atoms with van der Waals surface area (Å²) in [6.07, 6.45) is 6.64. The predicted octanol–water partition coefficient (Wildman–Crippen LogP) is 3.82. The lowest BCUT2D eigenvalue weighted by Crippen LogP contribution is -2.25. The number of rotatable bonds is 6. The molecule has 0 aliphatic rings. The van der Waals surface area contributed by atoms with E-state index in [4.69, 9.17) is 0 Å². The molecule has 0 aliphatic heterocycles. The van der Waals surface area contributed by atoms with Crippen LogP contribution in [0.3, 0.4) is 0 Å². The number of halogens is 3. The van der Waals surface area contributed by atoms with Crippen LogP contribution in [0.15, 0.2) is 18.7 Å². The van der Waals surface area contributed by atoms with E-state index in [0.717, 1.165) is 23.8 Å². The molecule has 0 amide bonds. The van der Waals surface area contributed by atoms with Gasteiger partial charge in [-0.25, -0.2) is 4.98 Å². The molecule has 1 rings (SSSR count). The normalized spacial score (nSPS) is 14.1. The van der Waals surface area contributed by atoms with Crippen LogP contribution in [0.4, 0.5) is 8.78 Å². The van der Waals surface area contributed by atoms with Crippen LogP contribution < -0.4 is 0 Å². The molecule has 0 spiro atoms. The van der Waals surface area contributed by atoms with Crippen LogP contribution in [0.1, 0.15) is 32.6 Å². The van der Waals surface area contributed by atoms with Gasteiger partial charge in [0.05, 0.1) is 6.33 Å². The Kier molecular flexibility index (Phi) is 4.95. The van der Waals surface area contributed by atoms with Crippen molar-refractivity contribution in [2.75, 3.05) is 0 Å². The molecule has 0 aromatic carbocycles. The van der Waals surface area contributed by atoms with Crippen LogP contribution in [0.25, 0.3) is 0 Å². The second-order valence-corrected chi connectivity index (χ2v) is 5.34. The number of nitrogens with zero attached hydrogens (tertiary/aromatic N) is 2. The number of hydrogen-bond acceptors (Lipinski definition) is 1. The Labute approximate surface area is 102 Å². The minimum atomic E-state index is -2.81. The van der Waals surface area contributed by atoms with Crippen LogP contribution in [-0.2, 0) is 6.05 Å². The van der Waals surface area contributed by atoms with Gasteiger partial charge >= 0.3 is 6.05 Å². The van der Waals surface area contributed by atoms with E-state index >= 15 is 0 Å². The van der Waals surface area contributed by atoms with Gasteiger partial charge in [-0.1, -0.05) is 42.4 Å². The van der Waals surface area contributed by atoms with Crippen molar-refractivity contribution in [3.8, 4) is 0 Å². The largest absolute Gasteiger partial charge is 0.331 e. The lowest BCUT2D eigenvalue weighted by atomic mass is 10.1. The molecule has 1 atom stereocenters. The fraction of sp³-hybridized carbons (Fsp3) is 0.700. The van der Waals surface area contributed by atoms with Gasteiger partial charge in [0.15, 0.2) is 0 Å². The quantitative estimate of drug-likeness (QED) is 0.573. The molecule has 86 valence electrons. The van der Waals surface area contributed by atoms with E-state index in [-0.39, 0.29) is 10.3 Å². The summed E-state index contributed by atoms with van der Waals surface area (Å²) >= 11 is 2.10. The molecular weight excluding hydrogens is 313 g/mol. The molecular formula is C10H15F2IN2. The number of unbranched alkanes of at least 4 members (excludes halogenated alkanes) is 1. The molecule has 1 aromatic rings. The van der Waals surface area contributed by atoms with Gasteiger partial charge in [0, 0.05) is 22.7 Å². The third-order valence-electron chi connectivity index (χ3n) is 2.22. The molecule has 15 heavy (non-hydrogen) atoms. The first-order chi connectivity index (χ1) is 7.06. The Morgan fingerprint density at radius 2 is 2.27 bits per heavy atom. The van der Waals surface area contributed by atoms with E-state index < -0.39 is 6.05 Å². The van der Waals surface area contributed by atoms with Gasteiger partial charge in [-0.2, -0.15) is 8.78 Å². The van der Waals surface area contributed by atoms with Crippen LogP contribution in [0, 0.1) is 0 Å². The molecule has 2 nitrogen and oxygen atoms in total. The van der Waals surface area contributed by atoms with Gasteiger partial charge in [0.2, 0.25) is 0 Å². The minimum absolute atomic E-state index is 0.0138. The molecule has 1 aromatic heterocycles. The maximum absolute atomic E-state index is 13.6. The zero-order valence-electron chi connectivity index (χ0n) is 8.67. The summed E-state index contributed by atoms with van der Waals surface area (Å²) in [7, 11) is 0. The first kappa shape index (κ1) is 12.9. The summed E-state index contributed by atoms with van der Waals surface area (Å²) in [4.78, 5) is 3.64. The molecule has 0 bridgehead atoms. The average molecular weight is 328 g/mol. The zero-order valence-corrected chi connectivity index (χ0v) is 10.8. The smallest absolute Gasteiger partial charge is 0.278 e. The first-order valence-electron chi connectivity index (χ1n) is 5.06. The van der Waals surface area contributed by atoms with E-state index in [0.29, 0.717) is 0 Å². The Morgan fingerprint density at radius 3 is 2.80 bits per heavy atom. The SMILES string of the molecule is CCCCC(I)CC(F)(F)n1ccnc1. The second kappa shape index (κ2) is 5.77. The molecule has 5 heteroatoms. The number of alkyl halides is 3. The Hall–Kier alpha value is -0.200.